The normalized spacial score (nSPS) is 14.5. The van der Waals surface area contributed by atoms with E-state index in [-0.39, 0.29) is 29.6 Å². The van der Waals surface area contributed by atoms with Crippen LogP contribution in [-0.2, 0) is 4.79 Å². The van der Waals surface area contributed by atoms with Crippen LogP contribution in [0.2, 0.25) is 0 Å². The lowest BCUT2D eigenvalue weighted by molar-refractivity contribution is -0.384. The molecular formula is C19H22N4O5. The second-order valence-corrected chi connectivity index (χ2v) is 6.44. The Balaban J connectivity index is 1.57. The molecule has 1 saturated heterocycles. The number of non-ortho nitro benzene ring substituents is 1. The van der Waals surface area contributed by atoms with E-state index in [1.165, 1.54) is 25.3 Å². The first-order chi connectivity index (χ1) is 13.5. The molecule has 3 rings (SSSR count). The van der Waals surface area contributed by atoms with Crippen LogP contribution in [0.25, 0.3) is 0 Å². The molecule has 0 saturated carbocycles. The van der Waals surface area contributed by atoms with Crippen molar-refractivity contribution in [2.24, 2.45) is 0 Å². The van der Waals surface area contributed by atoms with Crippen LogP contribution < -0.4 is 15.0 Å². The van der Waals surface area contributed by atoms with Crippen molar-refractivity contribution in [1.82, 2.24) is 4.90 Å². The number of carbonyl (C=O) groups is 1. The zero-order chi connectivity index (χ0) is 20.1. The quantitative estimate of drug-likeness (QED) is 0.578. The summed E-state index contributed by atoms with van der Waals surface area (Å²) in [5.41, 5.74) is 0.940. The Morgan fingerprint density at radius 1 is 1.21 bits per heavy atom. The number of amides is 1. The molecule has 1 aliphatic rings. The highest BCUT2D eigenvalue weighted by Crippen LogP contribution is 2.29. The predicted octanol–water partition coefficient (Wildman–Crippen LogP) is 2.07. The van der Waals surface area contributed by atoms with E-state index in [0.29, 0.717) is 31.9 Å². The van der Waals surface area contributed by atoms with Gasteiger partial charge in [-0.1, -0.05) is 12.1 Å². The van der Waals surface area contributed by atoms with Crippen molar-refractivity contribution in [2.45, 2.75) is 0 Å². The van der Waals surface area contributed by atoms with Gasteiger partial charge in [-0.15, -0.1) is 0 Å². The van der Waals surface area contributed by atoms with Gasteiger partial charge in [-0.2, -0.15) is 0 Å². The summed E-state index contributed by atoms with van der Waals surface area (Å²) in [6, 6.07) is 11.2. The number of piperazine rings is 1. The van der Waals surface area contributed by atoms with E-state index in [0.717, 1.165) is 5.69 Å². The number of phenolic OH excluding ortho intramolecular Hbond substituents is 1. The summed E-state index contributed by atoms with van der Waals surface area (Å²) in [4.78, 5) is 26.9. The number of benzene rings is 2. The summed E-state index contributed by atoms with van der Waals surface area (Å²) in [5.74, 6) is 0.338. The van der Waals surface area contributed by atoms with Crippen LogP contribution in [0.1, 0.15) is 0 Å². The summed E-state index contributed by atoms with van der Waals surface area (Å²) < 4.78 is 5.16. The first kappa shape index (κ1) is 19.4. The largest absolute Gasteiger partial charge is 0.506 e. The minimum Gasteiger partial charge on any atom is -0.506 e. The average Bonchev–Trinajstić information content (AvgIpc) is 2.69. The molecule has 2 aromatic rings. The zero-order valence-corrected chi connectivity index (χ0v) is 15.5. The fourth-order valence-corrected chi connectivity index (χ4v) is 3.18. The number of phenols is 1. The van der Waals surface area contributed by atoms with Crippen molar-refractivity contribution in [3.05, 3.63) is 52.6 Å². The molecule has 148 valence electrons. The van der Waals surface area contributed by atoms with Gasteiger partial charge < -0.3 is 20.1 Å². The number of nitrogens with zero attached hydrogens (tertiary/aromatic N) is 3. The van der Waals surface area contributed by atoms with Gasteiger partial charge in [0.25, 0.3) is 5.69 Å². The molecule has 0 aromatic heterocycles. The van der Waals surface area contributed by atoms with Crippen molar-refractivity contribution in [3.63, 3.8) is 0 Å². The van der Waals surface area contributed by atoms with E-state index < -0.39 is 4.92 Å². The van der Waals surface area contributed by atoms with Gasteiger partial charge in [0.1, 0.15) is 11.5 Å². The van der Waals surface area contributed by atoms with Crippen LogP contribution in [0, 0.1) is 10.1 Å². The molecule has 0 radical (unpaired) electrons. The van der Waals surface area contributed by atoms with Crippen LogP contribution in [0.15, 0.2) is 42.5 Å². The van der Waals surface area contributed by atoms with Crippen LogP contribution in [0.3, 0.4) is 0 Å². The fraction of sp³-hybridized carbons (Fsp3) is 0.316. The molecule has 0 unspecified atom stereocenters. The fourth-order valence-electron chi connectivity index (χ4n) is 3.18. The Morgan fingerprint density at radius 3 is 2.57 bits per heavy atom. The Kier molecular flexibility index (Phi) is 5.95. The molecule has 2 N–H and O–H groups in total. The summed E-state index contributed by atoms with van der Waals surface area (Å²) >= 11 is 0. The van der Waals surface area contributed by atoms with Crippen molar-refractivity contribution in [3.8, 4) is 11.5 Å². The van der Waals surface area contributed by atoms with E-state index in [1.54, 1.807) is 12.1 Å². The first-order valence-corrected chi connectivity index (χ1v) is 8.85. The smallest absolute Gasteiger partial charge is 0.271 e. The highest BCUT2D eigenvalue weighted by molar-refractivity contribution is 5.94. The molecule has 1 aliphatic heterocycles. The second kappa shape index (κ2) is 8.57. The zero-order valence-electron chi connectivity index (χ0n) is 15.5. The van der Waals surface area contributed by atoms with E-state index in [4.69, 9.17) is 4.74 Å². The summed E-state index contributed by atoms with van der Waals surface area (Å²) in [6.45, 7) is 2.86. The third-order valence-electron chi connectivity index (χ3n) is 4.63. The van der Waals surface area contributed by atoms with Crippen molar-refractivity contribution in [2.75, 3.05) is 50.1 Å². The molecule has 0 bridgehead atoms. The molecule has 1 fully saturated rings. The number of methoxy groups -OCH3 is 1. The molecule has 9 heteroatoms. The molecule has 0 aliphatic carbocycles. The van der Waals surface area contributed by atoms with Crippen LogP contribution in [0.4, 0.5) is 17.1 Å². The maximum Gasteiger partial charge on any atom is 0.271 e. The molecule has 0 spiro atoms. The van der Waals surface area contributed by atoms with Crippen molar-refractivity contribution in [1.29, 1.82) is 0 Å². The monoisotopic (exact) mass is 386 g/mol. The van der Waals surface area contributed by atoms with Gasteiger partial charge in [-0.3, -0.25) is 19.8 Å². The van der Waals surface area contributed by atoms with Crippen molar-refractivity contribution < 1.29 is 19.6 Å². The maximum atomic E-state index is 12.4. The number of aromatic hydroxyl groups is 1. The highest BCUT2D eigenvalue weighted by atomic mass is 16.6. The number of hydrogen-bond donors (Lipinski definition) is 2. The summed E-state index contributed by atoms with van der Waals surface area (Å²) in [5, 5.41) is 23.6. The number of nitrogens with one attached hydrogen (secondary N) is 1. The molecule has 2 aromatic carbocycles. The SMILES string of the molecule is COc1ccc([N+](=O)[O-])cc1NC(=O)CN1CCN(c2ccccc2O)CC1. The molecule has 9 nitrogen and oxygen atoms in total. The van der Waals surface area contributed by atoms with Crippen molar-refractivity contribution >= 4 is 23.0 Å². The second-order valence-electron chi connectivity index (χ2n) is 6.44. The maximum absolute atomic E-state index is 12.4. The van der Waals surface area contributed by atoms with Gasteiger partial charge >= 0.3 is 0 Å². The number of rotatable bonds is 6. The Hall–Kier alpha value is -3.33. The molecule has 28 heavy (non-hydrogen) atoms. The lowest BCUT2D eigenvalue weighted by Crippen LogP contribution is -2.48. The lowest BCUT2D eigenvalue weighted by atomic mass is 10.2. The Labute approximate surface area is 162 Å². The van der Waals surface area contributed by atoms with Gasteiger partial charge in [0.05, 0.1) is 30.0 Å². The summed E-state index contributed by atoms with van der Waals surface area (Å²) in [6.07, 6.45) is 0. The van der Waals surface area contributed by atoms with Gasteiger partial charge in [-0.05, 0) is 18.2 Å². The molecular weight excluding hydrogens is 364 g/mol. The number of carbonyl (C=O) groups excluding carboxylic acids is 1. The number of nitro groups is 1. The number of anilines is 2. The van der Waals surface area contributed by atoms with Gasteiger partial charge in [-0.25, -0.2) is 0 Å². The van der Waals surface area contributed by atoms with E-state index in [1.807, 2.05) is 17.0 Å². The number of ether oxygens (including phenoxy) is 1. The van der Waals surface area contributed by atoms with Crippen LogP contribution >= 0.6 is 0 Å². The van der Waals surface area contributed by atoms with E-state index >= 15 is 0 Å². The summed E-state index contributed by atoms with van der Waals surface area (Å²) in [7, 11) is 1.44. The minimum atomic E-state index is -0.521. The minimum absolute atomic E-state index is 0.118. The number of nitro benzene ring substituents is 1. The van der Waals surface area contributed by atoms with Crippen LogP contribution in [-0.4, -0.2) is 60.7 Å². The lowest BCUT2D eigenvalue weighted by Gasteiger charge is -2.35. The third-order valence-corrected chi connectivity index (χ3v) is 4.63. The average molecular weight is 386 g/mol. The Bertz CT molecular complexity index is 865. The predicted molar refractivity (Wildman–Crippen MR) is 105 cm³/mol. The Morgan fingerprint density at radius 2 is 1.93 bits per heavy atom. The molecule has 0 atom stereocenters. The van der Waals surface area contributed by atoms with Gasteiger partial charge in [0.2, 0.25) is 5.91 Å². The number of hydrogen-bond acceptors (Lipinski definition) is 7. The van der Waals surface area contributed by atoms with Gasteiger partial charge in [0.15, 0.2) is 0 Å². The molecule has 1 heterocycles. The van der Waals surface area contributed by atoms with E-state index in [2.05, 4.69) is 10.2 Å². The van der Waals surface area contributed by atoms with Crippen LogP contribution in [0.5, 0.6) is 11.5 Å². The number of para-hydroxylation sites is 2. The molecule has 1 amide bonds. The third kappa shape index (κ3) is 4.49. The van der Waals surface area contributed by atoms with E-state index in [9.17, 15) is 20.0 Å². The van der Waals surface area contributed by atoms with Gasteiger partial charge in [0, 0.05) is 38.3 Å². The first-order valence-electron chi connectivity index (χ1n) is 8.85. The highest BCUT2D eigenvalue weighted by Gasteiger charge is 2.21. The topological polar surface area (TPSA) is 108 Å². The standard InChI is InChI=1S/C19H22N4O5/c1-28-18-7-6-14(23(26)27)12-15(18)20-19(25)13-21-8-10-22(11-9-21)16-4-2-3-5-17(16)24/h2-7,12,24H,8-11,13H2,1H3,(H,20,25).